The number of nitrogens with two attached hydrogens (primary N) is 1. The van der Waals surface area contributed by atoms with Crippen LogP contribution in [0.1, 0.15) is 0 Å². The van der Waals surface area contributed by atoms with Gasteiger partial charge in [0, 0.05) is 12.1 Å². The summed E-state index contributed by atoms with van der Waals surface area (Å²) in [6, 6.07) is 18.6. The Kier molecular flexibility index (Phi) is 3.56. The number of benzene rings is 2. The van der Waals surface area contributed by atoms with E-state index in [0.717, 1.165) is 11.3 Å². The third-order valence-corrected chi connectivity index (χ3v) is 3.47. The van der Waals surface area contributed by atoms with Crippen molar-refractivity contribution in [1.82, 2.24) is 9.55 Å². The monoisotopic (exact) mass is 275 g/mol. The molecule has 0 aliphatic carbocycles. The van der Waals surface area contributed by atoms with Crippen molar-refractivity contribution in [2.24, 2.45) is 0 Å². The van der Waals surface area contributed by atoms with Gasteiger partial charge in [0.05, 0.1) is 6.33 Å². The third kappa shape index (κ3) is 2.58. The summed E-state index contributed by atoms with van der Waals surface area (Å²) in [6.07, 6.45) is 3.55. The van der Waals surface area contributed by atoms with Crippen molar-refractivity contribution < 1.29 is 0 Å². The summed E-state index contributed by atoms with van der Waals surface area (Å²) >= 11 is 0. The van der Waals surface area contributed by atoms with Crippen LogP contribution in [0.4, 0.5) is 5.82 Å². The van der Waals surface area contributed by atoms with E-state index >= 15 is 0 Å². The highest BCUT2D eigenvalue weighted by Crippen LogP contribution is 2.27. The maximum absolute atomic E-state index is 6.12. The molecule has 0 bridgehead atoms. The first-order valence-corrected chi connectivity index (χ1v) is 6.87. The number of nitrogen functional groups attached to an aromatic ring is 1. The molecule has 1 heterocycles. The Labute approximate surface area is 124 Å². The van der Waals surface area contributed by atoms with E-state index in [9.17, 15) is 0 Å². The van der Waals surface area contributed by atoms with Gasteiger partial charge in [-0.1, -0.05) is 60.7 Å². The van der Waals surface area contributed by atoms with Crippen molar-refractivity contribution >= 4 is 5.82 Å². The van der Waals surface area contributed by atoms with Crippen LogP contribution in [0.3, 0.4) is 0 Å². The summed E-state index contributed by atoms with van der Waals surface area (Å²) in [5, 5.41) is 0. The van der Waals surface area contributed by atoms with E-state index in [0.29, 0.717) is 12.4 Å². The van der Waals surface area contributed by atoms with Crippen LogP contribution >= 0.6 is 0 Å². The molecule has 0 aliphatic heterocycles. The zero-order valence-electron chi connectivity index (χ0n) is 11.7. The average Bonchev–Trinajstić information content (AvgIpc) is 2.90. The average molecular weight is 275 g/mol. The smallest absolute Gasteiger partial charge is 0.131 e. The van der Waals surface area contributed by atoms with E-state index < -0.39 is 0 Å². The van der Waals surface area contributed by atoms with E-state index in [-0.39, 0.29) is 0 Å². The van der Waals surface area contributed by atoms with Gasteiger partial charge in [0.2, 0.25) is 0 Å². The highest BCUT2D eigenvalue weighted by Gasteiger charge is 2.09. The van der Waals surface area contributed by atoms with Gasteiger partial charge < -0.3 is 10.3 Å². The molecule has 104 valence electrons. The number of allylic oxidation sites excluding steroid dienone is 1. The summed E-state index contributed by atoms with van der Waals surface area (Å²) in [4.78, 5) is 4.40. The fraction of sp³-hybridized carbons (Fsp3) is 0.0556. The Bertz CT molecular complexity index is 740. The minimum absolute atomic E-state index is 0.668. The Hall–Kier alpha value is -2.81. The first-order chi connectivity index (χ1) is 10.3. The molecule has 0 fully saturated rings. The Balaban J connectivity index is 1.93. The van der Waals surface area contributed by atoms with E-state index in [4.69, 9.17) is 5.73 Å². The van der Waals surface area contributed by atoms with Crippen LogP contribution in [0.5, 0.6) is 0 Å². The van der Waals surface area contributed by atoms with Gasteiger partial charge >= 0.3 is 0 Å². The van der Waals surface area contributed by atoms with Crippen LogP contribution < -0.4 is 5.73 Å². The lowest BCUT2D eigenvalue weighted by Crippen LogP contribution is -2.00. The molecule has 0 spiro atoms. The van der Waals surface area contributed by atoms with Crippen LogP contribution in [0.25, 0.3) is 22.4 Å². The van der Waals surface area contributed by atoms with Crippen LogP contribution in [0.2, 0.25) is 0 Å². The molecule has 3 aromatic rings. The van der Waals surface area contributed by atoms with E-state index in [1.165, 1.54) is 11.1 Å². The molecule has 1 aromatic heterocycles. The van der Waals surface area contributed by atoms with Gasteiger partial charge in [-0.05, 0) is 11.1 Å². The quantitative estimate of drug-likeness (QED) is 0.732. The van der Waals surface area contributed by atoms with Crippen LogP contribution in [0, 0.1) is 0 Å². The number of nitrogens with zero attached hydrogens (tertiary/aromatic N) is 2. The second-order valence-corrected chi connectivity index (χ2v) is 4.86. The summed E-state index contributed by atoms with van der Waals surface area (Å²) in [5.41, 5.74) is 10.3. The van der Waals surface area contributed by atoms with E-state index in [1.54, 1.807) is 12.4 Å². The minimum atomic E-state index is 0.668. The topological polar surface area (TPSA) is 43.8 Å². The number of anilines is 1. The van der Waals surface area contributed by atoms with Crippen molar-refractivity contribution in [2.75, 3.05) is 5.73 Å². The maximum atomic E-state index is 6.12. The molecule has 3 heteroatoms. The molecular weight excluding hydrogens is 258 g/mol. The second kappa shape index (κ2) is 5.67. The Morgan fingerprint density at radius 1 is 0.952 bits per heavy atom. The predicted octanol–water partition coefficient (Wildman–Crippen LogP) is 3.99. The van der Waals surface area contributed by atoms with Crippen molar-refractivity contribution in [1.29, 1.82) is 0 Å². The SMILES string of the molecule is C=CCn1cnc(-c2ccc(-c3ccccc3)cc2)c1N. The number of rotatable bonds is 4. The fourth-order valence-corrected chi connectivity index (χ4v) is 2.35. The van der Waals surface area contributed by atoms with Crippen LogP contribution in [0.15, 0.2) is 73.6 Å². The van der Waals surface area contributed by atoms with E-state index in [1.807, 2.05) is 22.8 Å². The number of aromatic nitrogens is 2. The lowest BCUT2D eigenvalue weighted by atomic mass is 10.0. The van der Waals surface area contributed by atoms with Crippen molar-refractivity contribution in [2.45, 2.75) is 6.54 Å². The maximum Gasteiger partial charge on any atom is 0.131 e. The van der Waals surface area contributed by atoms with Gasteiger partial charge in [0.25, 0.3) is 0 Å². The number of imidazole rings is 1. The zero-order chi connectivity index (χ0) is 14.7. The van der Waals surface area contributed by atoms with Gasteiger partial charge in [-0.15, -0.1) is 6.58 Å². The number of hydrogen-bond donors (Lipinski definition) is 1. The largest absolute Gasteiger partial charge is 0.383 e. The first-order valence-electron chi connectivity index (χ1n) is 6.87. The van der Waals surface area contributed by atoms with Gasteiger partial charge in [0.1, 0.15) is 11.5 Å². The van der Waals surface area contributed by atoms with Crippen LogP contribution in [-0.2, 0) is 6.54 Å². The van der Waals surface area contributed by atoms with Gasteiger partial charge in [-0.2, -0.15) is 0 Å². The van der Waals surface area contributed by atoms with Crippen molar-refractivity contribution in [3.63, 3.8) is 0 Å². The standard InChI is InChI=1S/C18H17N3/c1-2-12-21-13-20-17(18(21)19)16-10-8-15(9-11-16)14-6-4-3-5-7-14/h2-11,13H,1,12,19H2. The first kappa shape index (κ1) is 13.2. The number of hydrogen-bond acceptors (Lipinski definition) is 2. The predicted molar refractivity (Wildman–Crippen MR) is 87.7 cm³/mol. The molecule has 0 unspecified atom stereocenters. The molecule has 0 radical (unpaired) electrons. The third-order valence-electron chi connectivity index (χ3n) is 3.47. The second-order valence-electron chi connectivity index (χ2n) is 4.86. The van der Waals surface area contributed by atoms with Gasteiger partial charge in [-0.25, -0.2) is 4.98 Å². The Morgan fingerprint density at radius 3 is 2.24 bits per heavy atom. The van der Waals surface area contributed by atoms with Gasteiger partial charge in [-0.3, -0.25) is 0 Å². The summed E-state index contributed by atoms with van der Waals surface area (Å²) in [6.45, 7) is 4.39. The molecule has 0 saturated carbocycles. The minimum Gasteiger partial charge on any atom is -0.383 e. The highest BCUT2D eigenvalue weighted by molar-refractivity contribution is 5.74. The molecule has 0 aliphatic rings. The molecule has 0 atom stereocenters. The molecule has 2 aromatic carbocycles. The normalized spacial score (nSPS) is 10.5. The summed E-state index contributed by atoms with van der Waals surface area (Å²) in [7, 11) is 0. The van der Waals surface area contributed by atoms with Crippen LogP contribution in [-0.4, -0.2) is 9.55 Å². The highest BCUT2D eigenvalue weighted by atomic mass is 15.1. The zero-order valence-corrected chi connectivity index (χ0v) is 11.7. The molecule has 2 N–H and O–H groups in total. The summed E-state index contributed by atoms with van der Waals surface area (Å²) < 4.78 is 1.88. The van der Waals surface area contributed by atoms with Crippen molar-refractivity contribution in [3.05, 3.63) is 73.6 Å². The Morgan fingerprint density at radius 2 is 1.57 bits per heavy atom. The summed E-state index contributed by atoms with van der Waals surface area (Å²) in [5.74, 6) is 0.669. The van der Waals surface area contributed by atoms with Crippen molar-refractivity contribution in [3.8, 4) is 22.4 Å². The molecule has 3 nitrogen and oxygen atoms in total. The molecule has 0 saturated heterocycles. The molecule has 0 amide bonds. The lowest BCUT2D eigenvalue weighted by molar-refractivity contribution is 0.833. The molecule has 21 heavy (non-hydrogen) atoms. The molecule has 3 rings (SSSR count). The molecular formula is C18H17N3. The van der Waals surface area contributed by atoms with Gasteiger partial charge in [0.15, 0.2) is 0 Å². The van der Waals surface area contributed by atoms with E-state index in [2.05, 4.69) is 48.0 Å². The lowest BCUT2D eigenvalue weighted by Gasteiger charge is -2.05. The fourth-order valence-electron chi connectivity index (χ4n) is 2.35.